The number of carboxylic acids is 1. The maximum atomic E-state index is 14.3. The van der Waals surface area contributed by atoms with E-state index in [1.807, 2.05) is 0 Å². The van der Waals surface area contributed by atoms with Gasteiger partial charge in [0.15, 0.2) is 23.8 Å². The van der Waals surface area contributed by atoms with Gasteiger partial charge < -0.3 is 99.2 Å². The van der Waals surface area contributed by atoms with Crippen molar-refractivity contribution in [2.24, 2.45) is 83.4 Å². The van der Waals surface area contributed by atoms with E-state index in [0.29, 0.717) is 12.8 Å². The standard InChI is InChI=1S/C44H85N21O10S3/c1-5-22(4)31(65-37(71)28(19-77)61-32(66)23(45)10-6-14-54-41(46)47)39(73)62-27(18-76)36(70)60-25(12-8-16-56-43(50)51)34(68)58-24(11-7-15-55-42(48)49)33(67)59-26(13-9-17-57-44(52)53)35(69)64-30(21(2)3)38(72)63-29(20-78)40(74)75/h21-31,76-78H,5-20,45H2,1-4H3,(H,58,68)(H,59,67)(H,60,70)(H,61,66)(H,62,73)(H,63,72)(H,64,69)(H,65,71)(H,74,75)(H4,46,47,54)(H4,48,49,55)(H4,50,51,56)(H4,52,53,57)/t22-,23-,24-,25-,26-,27-,28-,29-,30-,31-/m0/s1. The van der Waals surface area contributed by atoms with Crippen LogP contribution in [0.25, 0.3) is 0 Å². The van der Waals surface area contributed by atoms with E-state index in [0.717, 1.165) is 0 Å². The molecule has 0 radical (unpaired) electrons. The minimum Gasteiger partial charge on any atom is -0.480 e. The van der Waals surface area contributed by atoms with Crippen LogP contribution in [0, 0.1) is 11.8 Å². The number of carboxylic acid groups (broad SMARTS) is 1. The number of carbonyl (C=O) groups is 9. The topological polar surface area (TPSA) is 554 Å². The van der Waals surface area contributed by atoms with Crippen molar-refractivity contribution in [3.05, 3.63) is 0 Å². The SMILES string of the molecule is CC[C@H](C)[C@H](NC(=O)[C@H](CS)NC(=O)[C@@H](N)CCCN=C(N)N)C(=O)N[C@@H](CS)C(=O)N[C@@H](CCCN=C(N)N)C(=O)N[C@@H](CCCN=C(N)N)C(=O)N[C@@H](CCCN=C(N)N)C(=O)N[C@H](C(=O)N[C@@H](CS)C(=O)O)C(C)C. The zero-order valence-corrected chi connectivity index (χ0v) is 47.3. The summed E-state index contributed by atoms with van der Waals surface area (Å²) in [6, 6.07) is -11.9. The Labute approximate surface area is 470 Å². The molecule has 27 N–H and O–H groups in total. The average Bonchev–Trinajstić information content (AvgIpc) is 3.37. The van der Waals surface area contributed by atoms with Crippen LogP contribution in [-0.4, -0.2) is 180 Å². The second kappa shape index (κ2) is 38.8. The molecule has 0 aromatic rings. The lowest BCUT2D eigenvalue weighted by atomic mass is 9.97. The maximum Gasteiger partial charge on any atom is 0.327 e. The average molecular weight is 1160 g/mol. The van der Waals surface area contributed by atoms with Crippen molar-refractivity contribution in [1.29, 1.82) is 0 Å². The third-order valence-corrected chi connectivity index (χ3v) is 12.6. The molecule has 10 atom stereocenters. The number of guanidine groups is 4. The van der Waals surface area contributed by atoms with Gasteiger partial charge in [-0.15, -0.1) is 0 Å². The van der Waals surface area contributed by atoms with Crippen molar-refractivity contribution in [2.75, 3.05) is 43.4 Å². The van der Waals surface area contributed by atoms with Gasteiger partial charge in [0.2, 0.25) is 47.3 Å². The summed E-state index contributed by atoms with van der Waals surface area (Å²) >= 11 is 12.5. The van der Waals surface area contributed by atoms with E-state index in [1.165, 1.54) is 0 Å². The van der Waals surface area contributed by atoms with Gasteiger partial charge in [0, 0.05) is 43.4 Å². The molecule has 0 aromatic carbocycles. The highest BCUT2D eigenvalue weighted by Crippen LogP contribution is 2.12. The van der Waals surface area contributed by atoms with Crippen molar-refractivity contribution in [1.82, 2.24) is 42.5 Å². The number of thiol groups is 3. The largest absolute Gasteiger partial charge is 0.480 e. The summed E-state index contributed by atoms with van der Waals surface area (Å²) in [7, 11) is 0. The van der Waals surface area contributed by atoms with Gasteiger partial charge in [0.1, 0.15) is 48.3 Å². The van der Waals surface area contributed by atoms with Crippen LogP contribution in [0.4, 0.5) is 0 Å². The minimum atomic E-state index is -1.44. The first-order chi connectivity index (χ1) is 36.6. The predicted octanol–water partition coefficient (Wildman–Crippen LogP) is -7.02. The first-order valence-electron chi connectivity index (χ1n) is 25.1. The van der Waals surface area contributed by atoms with Crippen LogP contribution in [0.15, 0.2) is 20.0 Å². The zero-order valence-electron chi connectivity index (χ0n) is 44.6. The van der Waals surface area contributed by atoms with Gasteiger partial charge in [-0.05, 0) is 63.2 Å². The van der Waals surface area contributed by atoms with Gasteiger partial charge in [0.25, 0.3) is 0 Å². The van der Waals surface area contributed by atoms with E-state index in [1.54, 1.807) is 27.7 Å². The molecule has 0 unspecified atom stereocenters. The molecule has 444 valence electrons. The molecule has 0 saturated carbocycles. The Balaban J connectivity index is 6.85. The Bertz CT molecular complexity index is 2090. The molecular formula is C44H85N21O10S3. The van der Waals surface area contributed by atoms with Crippen molar-refractivity contribution in [3.8, 4) is 0 Å². The van der Waals surface area contributed by atoms with E-state index >= 15 is 0 Å². The molecule has 0 heterocycles. The number of nitrogens with one attached hydrogen (secondary N) is 8. The molecule has 8 amide bonds. The number of aliphatic imine (C=N–C) groups is 4. The van der Waals surface area contributed by atoms with Gasteiger partial charge in [-0.25, -0.2) is 4.79 Å². The molecule has 0 aliphatic carbocycles. The van der Waals surface area contributed by atoms with E-state index < -0.39 is 119 Å². The lowest BCUT2D eigenvalue weighted by Gasteiger charge is -2.29. The Morgan fingerprint density at radius 1 is 0.410 bits per heavy atom. The normalized spacial score (nSPS) is 14.7. The number of nitrogens with zero attached hydrogens (tertiary/aromatic N) is 4. The summed E-state index contributed by atoms with van der Waals surface area (Å²) in [6.45, 7) is 6.89. The molecule has 0 aliphatic rings. The van der Waals surface area contributed by atoms with E-state index in [2.05, 4.69) is 100 Å². The summed E-state index contributed by atoms with van der Waals surface area (Å²) < 4.78 is 0. The number of hydrogen-bond acceptors (Lipinski definition) is 17. The number of rotatable bonds is 39. The Kier molecular flexibility index (Phi) is 35.5. The summed E-state index contributed by atoms with van der Waals surface area (Å²) in [5.41, 5.74) is 49.7. The van der Waals surface area contributed by atoms with Gasteiger partial charge in [-0.1, -0.05) is 34.1 Å². The molecule has 78 heavy (non-hydrogen) atoms. The van der Waals surface area contributed by atoms with Crippen LogP contribution in [0.2, 0.25) is 0 Å². The fraction of sp³-hybridized carbons (Fsp3) is 0.705. The molecule has 0 spiro atoms. The number of carbonyl (C=O) groups excluding carboxylic acids is 8. The summed E-state index contributed by atoms with van der Waals surface area (Å²) in [6.07, 6.45) is 0.906. The summed E-state index contributed by atoms with van der Waals surface area (Å²) in [5, 5.41) is 30.0. The number of aliphatic carboxylic acids is 1. The van der Waals surface area contributed by atoms with E-state index in [4.69, 9.17) is 51.6 Å². The molecule has 0 aliphatic heterocycles. The summed E-state index contributed by atoms with van der Waals surface area (Å²) in [5.74, 6) is -10.7. The highest BCUT2D eigenvalue weighted by molar-refractivity contribution is 7.80. The minimum absolute atomic E-state index is 0.000198. The second-order valence-corrected chi connectivity index (χ2v) is 19.4. The first-order valence-corrected chi connectivity index (χ1v) is 27.0. The molecule has 31 nitrogen and oxygen atoms in total. The Morgan fingerprint density at radius 3 is 1.03 bits per heavy atom. The van der Waals surface area contributed by atoms with Crippen LogP contribution in [0.3, 0.4) is 0 Å². The van der Waals surface area contributed by atoms with Gasteiger partial charge in [0.05, 0.1) is 6.04 Å². The van der Waals surface area contributed by atoms with E-state index in [9.17, 15) is 48.3 Å². The zero-order chi connectivity index (χ0) is 59.7. The first kappa shape index (κ1) is 71.3. The van der Waals surface area contributed by atoms with Crippen LogP contribution in [-0.2, 0) is 43.2 Å². The van der Waals surface area contributed by atoms with Gasteiger partial charge >= 0.3 is 5.97 Å². The molecule has 0 rings (SSSR count). The fourth-order valence-electron chi connectivity index (χ4n) is 6.90. The van der Waals surface area contributed by atoms with Crippen LogP contribution in [0.1, 0.15) is 85.5 Å². The van der Waals surface area contributed by atoms with E-state index in [-0.39, 0.29) is 112 Å². The highest BCUT2D eigenvalue weighted by Gasteiger charge is 2.36. The van der Waals surface area contributed by atoms with Crippen molar-refractivity contribution in [3.63, 3.8) is 0 Å². The van der Waals surface area contributed by atoms with Crippen molar-refractivity contribution in [2.45, 2.75) is 140 Å². The maximum absolute atomic E-state index is 14.3. The molecule has 0 saturated heterocycles. The number of hydrogen-bond donors (Lipinski definition) is 21. The molecular weight excluding hydrogens is 1080 g/mol. The predicted molar refractivity (Wildman–Crippen MR) is 307 cm³/mol. The quantitative estimate of drug-likeness (QED) is 0.0118. The van der Waals surface area contributed by atoms with Gasteiger partial charge in [-0.2, -0.15) is 37.9 Å². The lowest BCUT2D eigenvalue weighted by molar-refractivity contribution is -0.142. The molecule has 0 aromatic heterocycles. The highest BCUT2D eigenvalue weighted by atomic mass is 32.1. The molecule has 0 bridgehead atoms. The third-order valence-electron chi connectivity index (χ3n) is 11.5. The van der Waals surface area contributed by atoms with Crippen LogP contribution < -0.4 is 94.1 Å². The molecule has 34 heteroatoms. The smallest absolute Gasteiger partial charge is 0.327 e. The fourth-order valence-corrected chi connectivity index (χ4v) is 7.67. The Hall–Kier alpha value is -6.68. The second-order valence-electron chi connectivity index (χ2n) is 18.3. The van der Waals surface area contributed by atoms with Crippen molar-refractivity contribution < 1.29 is 48.3 Å². The monoisotopic (exact) mass is 1160 g/mol. The van der Waals surface area contributed by atoms with Gasteiger partial charge in [-0.3, -0.25) is 58.3 Å². The number of amides is 8. The van der Waals surface area contributed by atoms with Crippen LogP contribution >= 0.6 is 37.9 Å². The van der Waals surface area contributed by atoms with Crippen LogP contribution in [0.5, 0.6) is 0 Å². The number of nitrogens with two attached hydrogens (primary N) is 9. The molecule has 0 fully saturated rings. The Morgan fingerprint density at radius 2 is 0.692 bits per heavy atom. The third kappa shape index (κ3) is 29.2. The van der Waals surface area contributed by atoms with Crippen molar-refractivity contribution >= 4 is 115 Å². The summed E-state index contributed by atoms with van der Waals surface area (Å²) in [4.78, 5) is 138. The lowest BCUT2D eigenvalue weighted by Crippen LogP contribution is -2.61.